The number of rotatable bonds is 4. The lowest BCUT2D eigenvalue weighted by Gasteiger charge is -2.36. The molecule has 1 fully saturated rings. The van der Waals surface area contributed by atoms with Crippen molar-refractivity contribution in [2.24, 2.45) is 0 Å². The summed E-state index contributed by atoms with van der Waals surface area (Å²) >= 11 is 5.95. The summed E-state index contributed by atoms with van der Waals surface area (Å²) < 4.78 is 0. The average molecular weight is 243 g/mol. The van der Waals surface area contributed by atoms with Crippen molar-refractivity contribution in [2.75, 3.05) is 24.2 Å². The van der Waals surface area contributed by atoms with Crippen LogP contribution in [0.25, 0.3) is 0 Å². The first-order valence-electron chi connectivity index (χ1n) is 5.29. The van der Waals surface area contributed by atoms with Crippen LogP contribution in [-0.2, 0) is 0 Å². The summed E-state index contributed by atoms with van der Waals surface area (Å²) in [6, 6.07) is 0. The van der Waals surface area contributed by atoms with E-state index in [2.05, 4.69) is 20.6 Å². The Kier molecular flexibility index (Phi) is 3.16. The molecule has 0 bridgehead atoms. The summed E-state index contributed by atoms with van der Waals surface area (Å²) in [4.78, 5) is 8.16. The molecule has 3 N–H and O–H groups in total. The Morgan fingerprint density at radius 3 is 2.88 bits per heavy atom. The lowest BCUT2D eigenvalue weighted by molar-refractivity contribution is -0.0202. The molecule has 0 saturated heterocycles. The van der Waals surface area contributed by atoms with Gasteiger partial charge in [-0.25, -0.2) is 4.98 Å². The van der Waals surface area contributed by atoms with Crippen LogP contribution in [0.1, 0.15) is 19.3 Å². The molecule has 0 amide bonds. The van der Waals surface area contributed by atoms with Crippen molar-refractivity contribution in [3.63, 3.8) is 0 Å². The molecule has 1 aromatic heterocycles. The molecular weight excluding hydrogens is 228 g/mol. The van der Waals surface area contributed by atoms with Crippen LogP contribution in [0.2, 0.25) is 5.02 Å². The van der Waals surface area contributed by atoms with E-state index in [0.717, 1.165) is 19.3 Å². The zero-order chi connectivity index (χ0) is 11.6. The quantitative estimate of drug-likeness (QED) is 0.747. The second-order valence-corrected chi connectivity index (χ2v) is 4.48. The fourth-order valence-electron chi connectivity index (χ4n) is 1.62. The third kappa shape index (κ3) is 2.36. The summed E-state index contributed by atoms with van der Waals surface area (Å²) in [7, 11) is 1.74. The lowest BCUT2D eigenvalue weighted by Crippen LogP contribution is -2.43. The summed E-state index contributed by atoms with van der Waals surface area (Å²) in [6.45, 7) is 0.479. The van der Waals surface area contributed by atoms with Crippen LogP contribution in [0.5, 0.6) is 0 Å². The normalized spacial score (nSPS) is 17.7. The van der Waals surface area contributed by atoms with Crippen LogP contribution in [0.15, 0.2) is 6.20 Å². The summed E-state index contributed by atoms with van der Waals surface area (Å²) in [5.41, 5.74) is -0.589. The van der Waals surface area contributed by atoms with Crippen LogP contribution < -0.4 is 10.6 Å². The van der Waals surface area contributed by atoms with E-state index in [4.69, 9.17) is 11.6 Å². The Morgan fingerprint density at radius 2 is 2.31 bits per heavy atom. The van der Waals surface area contributed by atoms with Gasteiger partial charge in [-0.2, -0.15) is 4.98 Å². The van der Waals surface area contributed by atoms with Crippen molar-refractivity contribution < 1.29 is 5.11 Å². The van der Waals surface area contributed by atoms with Crippen molar-refractivity contribution in [3.05, 3.63) is 11.2 Å². The van der Waals surface area contributed by atoms with Gasteiger partial charge in [0.1, 0.15) is 5.02 Å². The van der Waals surface area contributed by atoms with Crippen LogP contribution >= 0.6 is 11.6 Å². The second-order valence-electron chi connectivity index (χ2n) is 4.07. The number of aromatic nitrogens is 2. The molecule has 0 radical (unpaired) electrons. The van der Waals surface area contributed by atoms with Crippen molar-refractivity contribution in [1.82, 2.24) is 9.97 Å². The number of nitrogens with zero attached hydrogens (tertiary/aromatic N) is 2. The highest BCUT2D eigenvalue weighted by atomic mass is 35.5. The lowest BCUT2D eigenvalue weighted by atomic mass is 9.80. The van der Waals surface area contributed by atoms with Gasteiger partial charge in [0.2, 0.25) is 5.95 Å². The van der Waals surface area contributed by atoms with E-state index in [1.165, 1.54) is 6.20 Å². The number of hydrogen-bond donors (Lipinski definition) is 3. The minimum Gasteiger partial charge on any atom is -0.388 e. The highest BCUT2D eigenvalue weighted by Gasteiger charge is 2.34. The largest absolute Gasteiger partial charge is 0.388 e. The highest BCUT2D eigenvalue weighted by molar-refractivity contribution is 6.32. The van der Waals surface area contributed by atoms with E-state index in [9.17, 15) is 5.11 Å². The van der Waals surface area contributed by atoms with Crippen LogP contribution in [-0.4, -0.2) is 34.3 Å². The summed E-state index contributed by atoms with van der Waals surface area (Å²) in [5, 5.41) is 16.3. The van der Waals surface area contributed by atoms with Gasteiger partial charge in [0.15, 0.2) is 5.82 Å². The maximum atomic E-state index is 9.92. The minimum atomic E-state index is -0.589. The second kappa shape index (κ2) is 4.43. The summed E-state index contributed by atoms with van der Waals surface area (Å²) in [6.07, 6.45) is 4.29. The Balaban J connectivity index is 2.02. The monoisotopic (exact) mass is 242 g/mol. The molecule has 5 nitrogen and oxygen atoms in total. The smallest absolute Gasteiger partial charge is 0.224 e. The predicted octanol–water partition coefficient (Wildman–Crippen LogP) is 1.50. The Labute approximate surface area is 99.3 Å². The molecule has 0 aliphatic heterocycles. The Morgan fingerprint density at radius 1 is 1.56 bits per heavy atom. The molecule has 1 aliphatic rings. The molecule has 1 saturated carbocycles. The first-order chi connectivity index (χ1) is 7.63. The topological polar surface area (TPSA) is 70.1 Å². The van der Waals surface area contributed by atoms with Gasteiger partial charge in [-0.05, 0) is 19.3 Å². The standard InChI is InChI=1S/C10H15ClN4O/c1-12-9-13-5-7(11)8(15-9)14-6-10(16)3-2-4-10/h5,16H,2-4,6H2,1H3,(H2,12,13,14,15). The highest BCUT2D eigenvalue weighted by Crippen LogP contribution is 2.32. The fourth-order valence-corrected chi connectivity index (χ4v) is 1.78. The number of aliphatic hydroxyl groups is 1. The molecule has 0 aromatic carbocycles. The molecular formula is C10H15ClN4O. The zero-order valence-corrected chi connectivity index (χ0v) is 9.88. The van der Waals surface area contributed by atoms with Crippen LogP contribution in [0.3, 0.4) is 0 Å². The maximum Gasteiger partial charge on any atom is 0.224 e. The number of nitrogens with one attached hydrogen (secondary N) is 2. The minimum absolute atomic E-state index is 0.460. The molecule has 1 heterocycles. The van der Waals surface area contributed by atoms with Crippen LogP contribution in [0, 0.1) is 0 Å². The van der Waals surface area contributed by atoms with Gasteiger partial charge in [-0.1, -0.05) is 11.6 Å². The number of anilines is 2. The van der Waals surface area contributed by atoms with Crippen molar-refractivity contribution in [1.29, 1.82) is 0 Å². The maximum absolute atomic E-state index is 9.92. The predicted molar refractivity (Wildman–Crippen MR) is 63.9 cm³/mol. The van der Waals surface area contributed by atoms with Gasteiger partial charge in [0, 0.05) is 13.6 Å². The van der Waals surface area contributed by atoms with Gasteiger partial charge < -0.3 is 15.7 Å². The number of hydrogen-bond acceptors (Lipinski definition) is 5. The molecule has 1 aliphatic carbocycles. The molecule has 2 rings (SSSR count). The molecule has 0 unspecified atom stereocenters. The zero-order valence-electron chi connectivity index (χ0n) is 9.13. The van der Waals surface area contributed by atoms with E-state index in [1.54, 1.807) is 7.05 Å². The van der Waals surface area contributed by atoms with Crippen molar-refractivity contribution >= 4 is 23.4 Å². The molecule has 6 heteroatoms. The van der Waals surface area contributed by atoms with E-state index in [-0.39, 0.29) is 0 Å². The third-order valence-electron chi connectivity index (χ3n) is 2.84. The fraction of sp³-hybridized carbons (Fsp3) is 0.600. The summed E-state index contributed by atoms with van der Waals surface area (Å²) in [5.74, 6) is 1.06. The van der Waals surface area contributed by atoms with Gasteiger partial charge in [0.05, 0.1) is 11.8 Å². The van der Waals surface area contributed by atoms with Gasteiger partial charge in [-0.15, -0.1) is 0 Å². The van der Waals surface area contributed by atoms with E-state index in [0.29, 0.717) is 23.3 Å². The first-order valence-corrected chi connectivity index (χ1v) is 5.67. The van der Waals surface area contributed by atoms with Crippen molar-refractivity contribution in [2.45, 2.75) is 24.9 Å². The van der Waals surface area contributed by atoms with Crippen LogP contribution in [0.4, 0.5) is 11.8 Å². The molecule has 0 atom stereocenters. The number of halogens is 1. The molecule has 16 heavy (non-hydrogen) atoms. The van der Waals surface area contributed by atoms with Gasteiger partial charge in [0.25, 0.3) is 0 Å². The van der Waals surface area contributed by atoms with E-state index < -0.39 is 5.60 Å². The first kappa shape index (κ1) is 11.4. The third-order valence-corrected chi connectivity index (χ3v) is 3.11. The van der Waals surface area contributed by atoms with Gasteiger partial charge in [-0.3, -0.25) is 0 Å². The molecule has 0 spiro atoms. The van der Waals surface area contributed by atoms with Gasteiger partial charge >= 0.3 is 0 Å². The van der Waals surface area contributed by atoms with Crippen molar-refractivity contribution in [3.8, 4) is 0 Å². The average Bonchev–Trinajstić information content (AvgIpc) is 2.25. The van der Waals surface area contributed by atoms with E-state index >= 15 is 0 Å². The Bertz CT molecular complexity index is 381. The van der Waals surface area contributed by atoms with E-state index in [1.807, 2.05) is 0 Å². The molecule has 1 aromatic rings. The molecule has 88 valence electrons. The SMILES string of the molecule is CNc1ncc(Cl)c(NCC2(O)CCC2)n1. The Hall–Kier alpha value is -1.07.